The molecule has 0 unspecified atom stereocenters. The summed E-state index contributed by atoms with van der Waals surface area (Å²) in [7, 11) is 0. The van der Waals surface area contributed by atoms with Gasteiger partial charge in [-0.2, -0.15) is 0 Å². The number of halogens is 1. The third kappa shape index (κ3) is 4.95. The molecule has 0 spiro atoms. The van der Waals surface area contributed by atoms with E-state index in [1.54, 1.807) is 6.92 Å². The number of anilines is 1. The molecule has 2 aromatic carbocycles. The minimum Gasteiger partial charge on any atom is -0.484 e. The largest absolute Gasteiger partial charge is 0.484 e. The first kappa shape index (κ1) is 19.7. The van der Waals surface area contributed by atoms with Crippen molar-refractivity contribution in [1.29, 1.82) is 0 Å². The molecule has 0 aliphatic carbocycles. The molecule has 0 fully saturated rings. The summed E-state index contributed by atoms with van der Waals surface area (Å²) in [6.07, 6.45) is 1.06. The molecule has 1 amide bonds. The van der Waals surface area contributed by atoms with E-state index in [-0.39, 0.29) is 23.2 Å². The zero-order valence-corrected chi connectivity index (χ0v) is 15.7. The van der Waals surface area contributed by atoms with Gasteiger partial charge in [-0.05, 0) is 48.6 Å². The summed E-state index contributed by atoms with van der Waals surface area (Å²) >= 11 is 5.88. The predicted octanol–water partition coefficient (Wildman–Crippen LogP) is 5.09. The van der Waals surface area contributed by atoms with E-state index in [0.717, 1.165) is 6.42 Å². The van der Waals surface area contributed by atoms with Crippen molar-refractivity contribution in [2.24, 2.45) is 0 Å². The van der Waals surface area contributed by atoms with Crippen LogP contribution in [0.25, 0.3) is 0 Å². The fraction of sp³-hybridized carbons (Fsp3) is 0.316. The molecule has 0 radical (unpaired) electrons. The Labute approximate surface area is 157 Å². The molecule has 1 N–H and O–H groups in total. The Morgan fingerprint density at radius 2 is 1.96 bits per heavy atom. The van der Waals surface area contributed by atoms with Gasteiger partial charge in [-0.1, -0.05) is 37.6 Å². The van der Waals surface area contributed by atoms with Gasteiger partial charge in [0, 0.05) is 11.8 Å². The molecule has 0 bridgehead atoms. The standard InChI is InChI=1S/C19H21ClN2O4/c1-4-12(2)14-5-7-15(8-6-14)26-11-19(23)21-17-10-16(20)18(22(24)25)9-13(17)3/h5-10,12H,4,11H2,1-3H3,(H,21,23)/t12-/m1/s1. The number of hydrogen-bond donors (Lipinski definition) is 1. The van der Waals surface area contributed by atoms with Crippen molar-refractivity contribution < 1.29 is 14.5 Å². The number of carbonyl (C=O) groups excluding carboxylic acids is 1. The van der Waals surface area contributed by atoms with Crippen molar-refractivity contribution in [3.63, 3.8) is 0 Å². The van der Waals surface area contributed by atoms with E-state index >= 15 is 0 Å². The number of hydrogen-bond acceptors (Lipinski definition) is 4. The van der Waals surface area contributed by atoms with Crippen LogP contribution in [0.15, 0.2) is 36.4 Å². The van der Waals surface area contributed by atoms with Crippen molar-refractivity contribution in [3.8, 4) is 5.75 Å². The first-order chi connectivity index (χ1) is 12.3. The Bertz CT molecular complexity index is 806. The quantitative estimate of drug-likeness (QED) is 0.539. The number of nitrogens with one attached hydrogen (secondary N) is 1. The normalized spacial score (nSPS) is 11.7. The van der Waals surface area contributed by atoms with Gasteiger partial charge in [0.05, 0.1) is 4.92 Å². The van der Waals surface area contributed by atoms with Gasteiger partial charge in [0.15, 0.2) is 6.61 Å². The van der Waals surface area contributed by atoms with Gasteiger partial charge >= 0.3 is 0 Å². The summed E-state index contributed by atoms with van der Waals surface area (Å²) in [4.78, 5) is 22.4. The lowest BCUT2D eigenvalue weighted by atomic mass is 9.99. The molecule has 0 aliphatic heterocycles. The van der Waals surface area contributed by atoms with Crippen LogP contribution in [0.3, 0.4) is 0 Å². The van der Waals surface area contributed by atoms with Crippen LogP contribution in [-0.4, -0.2) is 17.4 Å². The molecule has 2 rings (SSSR count). The molecule has 0 aliphatic rings. The lowest BCUT2D eigenvalue weighted by molar-refractivity contribution is -0.384. The molecule has 26 heavy (non-hydrogen) atoms. The average Bonchev–Trinajstić information content (AvgIpc) is 2.62. The van der Waals surface area contributed by atoms with E-state index in [2.05, 4.69) is 19.2 Å². The molecular weight excluding hydrogens is 356 g/mol. The highest BCUT2D eigenvalue weighted by molar-refractivity contribution is 6.33. The number of rotatable bonds is 7. The number of nitro groups is 1. The molecule has 0 saturated carbocycles. The molecule has 2 aromatic rings. The van der Waals surface area contributed by atoms with E-state index < -0.39 is 4.92 Å². The number of carbonyl (C=O) groups is 1. The zero-order chi connectivity index (χ0) is 19.3. The van der Waals surface area contributed by atoms with E-state index in [1.807, 2.05) is 24.3 Å². The van der Waals surface area contributed by atoms with E-state index in [0.29, 0.717) is 22.9 Å². The molecule has 0 heterocycles. The van der Waals surface area contributed by atoms with Crippen molar-refractivity contribution in [1.82, 2.24) is 0 Å². The molecule has 0 aromatic heterocycles. The van der Waals surface area contributed by atoms with Crippen molar-refractivity contribution in [2.45, 2.75) is 33.1 Å². The van der Waals surface area contributed by atoms with Crippen molar-refractivity contribution in [3.05, 3.63) is 62.7 Å². The van der Waals surface area contributed by atoms with Crippen LogP contribution in [0.5, 0.6) is 5.75 Å². The number of aryl methyl sites for hydroxylation is 1. The second kappa shape index (κ2) is 8.67. The number of benzene rings is 2. The fourth-order valence-electron chi connectivity index (χ4n) is 2.40. The summed E-state index contributed by atoms with van der Waals surface area (Å²) in [5.74, 6) is 0.705. The van der Waals surface area contributed by atoms with Crippen LogP contribution in [-0.2, 0) is 4.79 Å². The first-order valence-electron chi connectivity index (χ1n) is 8.29. The lowest BCUT2D eigenvalue weighted by Gasteiger charge is -2.12. The van der Waals surface area contributed by atoms with Crippen LogP contribution in [0.4, 0.5) is 11.4 Å². The molecule has 6 nitrogen and oxygen atoms in total. The van der Waals surface area contributed by atoms with Gasteiger partial charge < -0.3 is 10.1 Å². The maximum atomic E-state index is 12.1. The number of amides is 1. The van der Waals surface area contributed by atoms with Gasteiger partial charge in [-0.25, -0.2) is 0 Å². The molecule has 1 atom stereocenters. The minimum absolute atomic E-state index is 0.0301. The third-order valence-corrected chi connectivity index (χ3v) is 4.50. The van der Waals surface area contributed by atoms with Crippen molar-refractivity contribution >= 4 is 28.9 Å². The molecule has 0 saturated heterocycles. The van der Waals surface area contributed by atoms with Crippen molar-refractivity contribution in [2.75, 3.05) is 11.9 Å². The summed E-state index contributed by atoms with van der Waals surface area (Å²) in [5.41, 5.74) is 1.99. The monoisotopic (exact) mass is 376 g/mol. The summed E-state index contributed by atoms with van der Waals surface area (Å²) in [6.45, 7) is 5.77. The maximum Gasteiger partial charge on any atom is 0.288 e. The lowest BCUT2D eigenvalue weighted by Crippen LogP contribution is -2.20. The van der Waals surface area contributed by atoms with Crippen LogP contribution in [0.1, 0.15) is 37.3 Å². The fourth-order valence-corrected chi connectivity index (χ4v) is 2.64. The maximum absolute atomic E-state index is 12.1. The Balaban J connectivity index is 1.97. The highest BCUT2D eigenvalue weighted by Gasteiger charge is 2.16. The predicted molar refractivity (Wildman–Crippen MR) is 102 cm³/mol. The molecule has 7 heteroatoms. The van der Waals surface area contributed by atoms with E-state index in [9.17, 15) is 14.9 Å². The van der Waals surface area contributed by atoms with E-state index in [4.69, 9.17) is 16.3 Å². The first-order valence-corrected chi connectivity index (χ1v) is 8.66. The third-order valence-electron chi connectivity index (χ3n) is 4.20. The second-order valence-corrected chi connectivity index (χ2v) is 6.50. The van der Waals surface area contributed by atoms with Crippen LogP contribution in [0.2, 0.25) is 5.02 Å². The highest BCUT2D eigenvalue weighted by atomic mass is 35.5. The minimum atomic E-state index is -0.562. The number of nitrogens with zero attached hydrogens (tertiary/aromatic N) is 1. The highest BCUT2D eigenvalue weighted by Crippen LogP contribution is 2.30. The van der Waals surface area contributed by atoms with Gasteiger partial charge in [-0.3, -0.25) is 14.9 Å². The Hall–Kier alpha value is -2.60. The van der Waals surface area contributed by atoms with Gasteiger partial charge in [0.1, 0.15) is 10.8 Å². The Kier molecular flexibility index (Phi) is 6.58. The van der Waals surface area contributed by atoms with Crippen LogP contribution in [0, 0.1) is 17.0 Å². The Morgan fingerprint density at radius 3 is 2.54 bits per heavy atom. The summed E-state index contributed by atoms with van der Waals surface area (Å²) in [5, 5.41) is 13.5. The van der Waals surface area contributed by atoms with Gasteiger partial charge in [-0.15, -0.1) is 0 Å². The average molecular weight is 377 g/mol. The zero-order valence-electron chi connectivity index (χ0n) is 14.9. The molecule has 138 valence electrons. The van der Waals surface area contributed by atoms with Gasteiger partial charge in [0.25, 0.3) is 11.6 Å². The second-order valence-electron chi connectivity index (χ2n) is 6.09. The Morgan fingerprint density at radius 1 is 1.31 bits per heavy atom. The SMILES string of the molecule is CC[C@@H](C)c1ccc(OCC(=O)Nc2cc(Cl)c([N+](=O)[O-])cc2C)cc1. The number of nitro benzene ring substituents is 1. The van der Waals surface area contributed by atoms with Crippen LogP contribution < -0.4 is 10.1 Å². The molecular formula is C19H21ClN2O4. The van der Waals surface area contributed by atoms with Gasteiger partial charge in [0.2, 0.25) is 0 Å². The summed E-state index contributed by atoms with van der Waals surface area (Å²) < 4.78 is 5.49. The van der Waals surface area contributed by atoms with Crippen LogP contribution >= 0.6 is 11.6 Å². The summed E-state index contributed by atoms with van der Waals surface area (Å²) in [6, 6.07) is 10.3. The smallest absolute Gasteiger partial charge is 0.288 e. The van der Waals surface area contributed by atoms with E-state index in [1.165, 1.54) is 17.7 Å². The topological polar surface area (TPSA) is 81.5 Å². The number of ether oxygens (including phenoxy) is 1.